The second-order valence-corrected chi connectivity index (χ2v) is 8.29. The van der Waals surface area contributed by atoms with Gasteiger partial charge in [0.15, 0.2) is 0 Å². The van der Waals surface area contributed by atoms with Crippen LogP contribution < -0.4 is 0 Å². The van der Waals surface area contributed by atoms with E-state index in [2.05, 4.69) is 13.1 Å². The van der Waals surface area contributed by atoms with Crippen LogP contribution in [0.2, 0.25) is 13.1 Å². The quantitative estimate of drug-likeness (QED) is 0.530. The first kappa shape index (κ1) is 11.8. The fourth-order valence-electron chi connectivity index (χ4n) is 2.11. The van der Waals surface area contributed by atoms with Crippen LogP contribution in [0.3, 0.4) is 0 Å². The van der Waals surface area contributed by atoms with E-state index in [1.165, 1.54) is 43.1 Å². The Morgan fingerprint density at radius 1 is 1.07 bits per heavy atom. The number of hydrogen-bond acceptors (Lipinski definition) is 2. The molecule has 0 spiro atoms. The topological polar surface area (TPSA) is 18.5 Å². The highest BCUT2D eigenvalue weighted by molar-refractivity contribution is 6.77. The van der Waals surface area contributed by atoms with Crippen molar-refractivity contribution in [1.82, 2.24) is 0 Å². The molecule has 0 N–H and O–H groups in total. The third-order valence-corrected chi connectivity index (χ3v) is 5.71. The summed E-state index contributed by atoms with van der Waals surface area (Å²) >= 11 is 0. The highest BCUT2D eigenvalue weighted by atomic mass is 28.4. The Labute approximate surface area is 88.4 Å². The first-order chi connectivity index (χ1) is 6.61. The Morgan fingerprint density at radius 3 is 2.07 bits per heavy atom. The van der Waals surface area contributed by atoms with Crippen molar-refractivity contribution in [2.75, 3.05) is 14.2 Å². The Morgan fingerprint density at radius 2 is 1.64 bits per heavy atom. The van der Waals surface area contributed by atoms with Gasteiger partial charge in [-0.25, -0.2) is 0 Å². The van der Waals surface area contributed by atoms with Crippen LogP contribution in [0.5, 0.6) is 0 Å². The zero-order valence-corrected chi connectivity index (χ0v) is 10.9. The van der Waals surface area contributed by atoms with Crippen LogP contribution >= 0.6 is 0 Å². The molecule has 0 radical (unpaired) electrons. The molecule has 0 amide bonds. The van der Waals surface area contributed by atoms with Crippen LogP contribution in [0.15, 0.2) is 11.0 Å². The summed E-state index contributed by atoms with van der Waals surface area (Å²) in [5, 5.41) is 1.18. The van der Waals surface area contributed by atoms with E-state index in [-0.39, 0.29) is 0 Å². The molecule has 3 heteroatoms. The molecule has 0 aliphatic heterocycles. The molecule has 82 valence electrons. The third kappa shape index (κ3) is 2.61. The second kappa shape index (κ2) is 4.98. The number of allylic oxidation sites excluding steroid dienone is 1. The summed E-state index contributed by atoms with van der Waals surface area (Å²) in [6.45, 7) is 4.40. The van der Waals surface area contributed by atoms with Gasteiger partial charge < -0.3 is 9.16 Å². The molecule has 0 atom stereocenters. The smallest absolute Gasteiger partial charge is 0.256 e. The maximum Gasteiger partial charge on any atom is 0.256 e. The van der Waals surface area contributed by atoms with E-state index in [0.29, 0.717) is 0 Å². The molecule has 0 bridgehead atoms. The van der Waals surface area contributed by atoms with Gasteiger partial charge in [0.2, 0.25) is 0 Å². The summed E-state index contributed by atoms with van der Waals surface area (Å²) in [4.78, 5) is 0. The van der Waals surface area contributed by atoms with E-state index in [1.54, 1.807) is 14.2 Å². The standard InChI is InChI=1S/C11H22O2Si/c1-12-11(14(3,4)13-2)10-8-6-5-7-9-10/h5-9H2,1-4H3. The molecule has 1 aliphatic rings. The van der Waals surface area contributed by atoms with Crippen LogP contribution in [-0.4, -0.2) is 22.5 Å². The van der Waals surface area contributed by atoms with E-state index in [0.717, 1.165) is 0 Å². The third-order valence-electron chi connectivity index (χ3n) is 3.04. The lowest BCUT2D eigenvalue weighted by molar-refractivity contribution is 0.281. The molecule has 0 heterocycles. The summed E-state index contributed by atoms with van der Waals surface area (Å²) in [7, 11) is 1.85. The molecule has 1 fully saturated rings. The van der Waals surface area contributed by atoms with Crippen LogP contribution in [0.25, 0.3) is 0 Å². The van der Waals surface area contributed by atoms with Crippen LogP contribution in [0.4, 0.5) is 0 Å². The largest absolute Gasteiger partial charge is 0.503 e. The van der Waals surface area contributed by atoms with Crippen LogP contribution in [0, 0.1) is 0 Å². The lowest BCUT2D eigenvalue weighted by Crippen LogP contribution is -2.34. The number of ether oxygens (including phenoxy) is 1. The molecule has 1 rings (SSSR count). The SMILES string of the molecule is COC(=C1CCCCC1)[Si](C)(C)OC. The maximum absolute atomic E-state index is 5.60. The van der Waals surface area contributed by atoms with Crippen molar-refractivity contribution in [1.29, 1.82) is 0 Å². The monoisotopic (exact) mass is 214 g/mol. The van der Waals surface area contributed by atoms with Gasteiger partial charge in [0.05, 0.1) is 7.11 Å². The molecule has 0 aromatic carbocycles. The van der Waals surface area contributed by atoms with Crippen molar-refractivity contribution in [3.63, 3.8) is 0 Å². The van der Waals surface area contributed by atoms with Gasteiger partial charge in [-0.3, -0.25) is 0 Å². The second-order valence-electron chi connectivity index (χ2n) is 4.41. The van der Waals surface area contributed by atoms with Gasteiger partial charge in [0.25, 0.3) is 8.32 Å². The fourth-order valence-corrected chi connectivity index (χ4v) is 3.89. The van der Waals surface area contributed by atoms with Crippen LogP contribution in [0.1, 0.15) is 32.1 Å². The zero-order valence-electron chi connectivity index (χ0n) is 9.85. The number of rotatable bonds is 3. The van der Waals surface area contributed by atoms with E-state index in [4.69, 9.17) is 9.16 Å². The van der Waals surface area contributed by atoms with E-state index >= 15 is 0 Å². The lowest BCUT2D eigenvalue weighted by atomic mass is 9.96. The minimum absolute atomic E-state index is 1.18. The molecular formula is C11H22O2Si. The Bertz CT molecular complexity index is 213. The van der Waals surface area contributed by atoms with Crippen molar-refractivity contribution in [2.24, 2.45) is 0 Å². The highest BCUT2D eigenvalue weighted by Crippen LogP contribution is 2.30. The summed E-state index contributed by atoms with van der Waals surface area (Å²) < 4.78 is 11.2. The average Bonchev–Trinajstić information content (AvgIpc) is 2.20. The molecule has 2 nitrogen and oxygen atoms in total. The van der Waals surface area contributed by atoms with Crippen molar-refractivity contribution in [3.8, 4) is 0 Å². The minimum Gasteiger partial charge on any atom is -0.503 e. The van der Waals surface area contributed by atoms with E-state index in [1.807, 2.05) is 0 Å². The molecule has 1 saturated carbocycles. The van der Waals surface area contributed by atoms with Gasteiger partial charge in [-0.15, -0.1) is 0 Å². The molecular weight excluding hydrogens is 192 g/mol. The van der Waals surface area contributed by atoms with Gasteiger partial charge in [-0.2, -0.15) is 0 Å². The zero-order chi connectivity index (χ0) is 10.6. The first-order valence-electron chi connectivity index (χ1n) is 5.43. The van der Waals surface area contributed by atoms with Crippen molar-refractivity contribution in [2.45, 2.75) is 45.2 Å². The normalized spacial score (nSPS) is 18.1. The van der Waals surface area contributed by atoms with E-state index in [9.17, 15) is 0 Å². The molecule has 0 unspecified atom stereocenters. The number of hydrogen-bond donors (Lipinski definition) is 0. The summed E-state index contributed by atoms with van der Waals surface area (Å²) in [5.74, 6) is 0. The lowest BCUT2D eigenvalue weighted by Gasteiger charge is -2.27. The predicted molar refractivity (Wildman–Crippen MR) is 61.6 cm³/mol. The van der Waals surface area contributed by atoms with Crippen molar-refractivity contribution >= 4 is 8.32 Å². The fraction of sp³-hybridized carbons (Fsp3) is 0.818. The van der Waals surface area contributed by atoms with Crippen LogP contribution in [-0.2, 0) is 9.16 Å². The average molecular weight is 214 g/mol. The van der Waals surface area contributed by atoms with E-state index < -0.39 is 8.32 Å². The highest BCUT2D eigenvalue weighted by Gasteiger charge is 2.31. The van der Waals surface area contributed by atoms with Gasteiger partial charge >= 0.3 is 0 Å². The molecule has 0 aromatic heterocycles. The molecule has 0 aromatic rings. The number of methoxy groups -OCH3 is 1. The van der Waals surface area contributed by atoms with Gasteiger partial charge in [0, 0.05) is 7.11 Å². The summed E-state index contributed by atoms with van der Waals surface area (Å²) in [5.41, 5.74) is 1.51. The maximum atomic E-state index is 5.60. The summed E-state index contributed by atoms with van der Waals surface area (Å²) in [6, 6.07) is 0. The molecule has 14 heavy (non-hydrogen) atoms. The Balaban J connectivity index is 2.86. The Hall–Kier alpha value is -0.283. The predicted octanol–water partition coefficient (Wildman–Crippen LogP) is 3.24. The summed E-state index contributed by atoms with van der Waals surface area (Å²) in [6.07, 6.45) is 6.42. The molecule has 0 saturated heterocycles. The molecule has 1 aliphatic carbocycles. The van der Waals surface area contributed by atoms with Gasteiger partial charge in [-0.1, -0.05) is 6.42 Å². The van der Waals surface area contributed by atoms with Crippen molar-refractivity contribution < 1.29 is 9.16 Å². The van der Waals surface area contributed by atoms with Gasteiger partial charge in [-0.05, 0) is 44.4 Å². The minimum atomic E-state index is -1.74. The van der Waals surface area contributed by atoms with Gasteiger partial charge in [0.1, 0.15) is 5.38 Å². The Kier molecular flexibility index (Phi) is 4.20. The first-order valence-corrected chi connectivity index (χ1v) is 8.34. The van der Waals surface area contributed by atoms with Crippen molar-refractivity contribution in [3.05, 3.63) is 11.0 Å².